The van der Waals surface area contributed by atoms with Crippen LogP contribution >= 0.6 is 0 Å². The van der Waals surface area contributed by atoms with Crippen LogP contribution in [0.5, 0.6) is 0 Å². The number of alkyl halides is 3. The third kappa shape index (κ3) is 5.71. The Bertz CT molecular complexity index is 719. The Morgan fingerprint density at radius 2 is 1.88 bits per heavy atom. The first-order valence-electron chi connectivity index (χ1n) is 6.45. The molecule has 13 heteroatoms. The van der Waals surface area contributed by atoms with Gasteiger partial charge in [-0.1, -0.05) is 0 Å². The maximum absolute atomic E-state index is 12.9. The van der Waals surface area contributed by atoms with Crippen molar-refractivity contribution >= 4 is 28.7 Å². The Hall–Kier alpha value is -3.25. The molecule has 0 saturated heterocycles. The molecule has 136 valence electrons. The van der Waals surface area contributed by atoms with E-state index in [1.54, 1.807) is 0 Å². The number of esters is 1. The summed E-state index contributed by atoms with van der Waals surface area (Å²) in [5.41, 5.74) is -1.45. The number of methoxy groups -OCH3 is 1. The van der Waals surface area contributed by atoms with Crippen LogP contribution in [0.25, 0.3) is 0 Å². The van der Waals surface area contributed by atoms with E-state index in [0.717, 1.165) is 19.2 Å². The van der Waals surface area contributed by atoms with Gasteiger partial charge in [-0.3, -0.25) is 30.4 Å². The standard InChI is InChI=1S/C12H11F3N4O6/c1-25-11(20)5-4-10(12(13,14)15)17-16-8-3-2-7(18(21)22)6-9(8)19(23)24/h2-3,6,16H,4-5H2,1H3. The van der Waals surface area contributed by atoms with Gasteiger partial charge in [-0.2, -0.15) is 18.3 Å². The predicted molar refractivity (Wildman–Crippen MR) is 78.1 cm³/mol. The van der Waals surface area contributed by atoms with Crippen LogP contribution in [0.3, 0.4) is 0 Å². The molecule has 0 amide bonds. The zero-order valence-corrected chi connectivity index (χ0v) is 12.6. The van der Waals surface area contributed by atoms with Crippen LogP contribution in [0.4, 0.5) is 30.2 Å². The SMILES string of the molecule is COC(=O)CCC(=NNc1ccc([N+](=O)[O-])cc1[N+](=O)[O-])C(F)(F)F. The van der Waals surface area contributed by atoms with Crippen LogP contribution in [-0.4, -0.2) is 34.8 Å². The summed E-state index contributed by atoms with van der Waals surface area (Å²) in [6.45, 7) is 0. The number of carbonyl (C=O) groups is 1. The van der Waals surface area contributed by atoms with E-state index in [9.17, 15) is 38.2 Å². The first-order valence-corrected chi connectivity index (χ1v) is 6.45. The summed E-state index contributed by atoms with van der Waals surface area (Å²) in [4.78, 5) is 30.6. The molecule has 0 radical (unpaired) electrons. The number of benzene rings is 1. The van der Waals surface area contributed by atoms with Crippen LogP contribution in [0, 0.1) is 20.2 Å². The minimum Gasteiger partial charge on any atom is -0.469 e. The number of ether oxygens (including phenoxy) is 1. The molecule has 0 aromatic heterocycles. The summed E-state index contributed by atoms with van der Waals surface area (Å²) in [6.07, 6.45) is -6.31. The van der Waals surface area contributed by atoms with E-state index in [2.05, 4.69) is 9.84 Å². The number of hydrogen-bond donors (Lipinski definition) is 1. The quantitative estimate of drug-likeness (QED) is 0.340. The average Bonchev–Trinajstić information content (AvgIpc) is 2.52. The molecule has 0 aliphatic rings. The molecule has 1 aromatic rings. The van der Waals surface area contributed by atoms with Gasteiger partial charge >= 0.3 is 17.8 Å². The molecule has 0 atom stereocenters. The Labute approximate surface area is 137 Å². The summed E-state index contributed by atoms with van der Waals surface area (Å²) in [6, 6.07) is 2.31. The van der Waals surface area contributed by atoms with Crippen molar-refractivity contribution in [3.05, 3.63) is 38.4 Å². The Balaban J connectivity index is 3.11. The lowest BCUT2D eigenvalue weighted by Gasteiger charge is -2.10. The molecule has 0 fully saturated rings. The van der Waals surface area contributed by atoms with Crippen LogP contribution in [0.15, 0.2) is 23.3 Å². The molecule has 0 saturated carbocycles. The topological polar surface area (TPSA) is 137 Å². The first kappa shape index (κ1) is 19.8. The average molecular weight is 364 g/mol. The second kappa shape index (κ2) is 8.03. The van der Waals surface area contributed by atoms with E-state index in [1.165, 1.54) is 0 Å². The highest BCUT2D eigenvalue weighted by atomic mass is 19.4. The van der Waals surface area contributed by atoms with Crippen LogP contribution < -0.4 is 5.43 Å². The normalized spacial score (nSPS) is 11.8. The summed E-state index contributed by atoms with van der Waals surface area (Å²) in [5, 5.41) is 24.6. The van der Waals surface area contributed by atoms with Crippen molar-refractivity contribution in [3.8, 4) is 0 Å². The highest BCUT2D eigenvalue weighted by Crippen LogP contribution is 2.29. The molecule has 25 heavy (non-hydrogen) atoms. The number of nitro benzene ring substituents is 2. The fraction of sp³-hybridized carbons (Fsp3) is 0.333. The van der Waals surface area contributed by atoms with Gasteiger partial charge in [0.15, 0.2) is 0 Å². The summed E-state index contributed by atoms with van der Waals surface area (Å²) < 4.78 is 42.8. The molecule has 1 rings (SSSR count). The number of nitrogens with one attached hydrogen (secondary N) is 1. The third-order valence-corrected chi connectivity index (χ3v) is 2.82. The maximum atomic E-state index is 12.9. The molecule has 1 aromatic carbocycles. The number of nitrogens with zero attached hydrogens (tertiary/aromatic N) is 3. The van der Waals surface area contributed by atoms with Gasteiger partial charge in [-0.05, 0) is 6.07 Å². The molecule has 1 N–H and O–H groups in total. The monoisotopic (exact) mass is 364 g/mol. The molecule has 0 spiro atoms. The number of hydrazone groups is 1. The highest BCUT2D eigenvalue weighted by Gasteiger charge is 2.36. The van der Waals surface area contributed by atoms with Gasteiger partial charge in [0.25, 0.3) is 5.69 Å². The molecule has 0 heterocycles. The van der Waals surface area contributed by atoms with Gasteiger partial charge in [0.05, 0.1) is 29.4 Å². The van der Waals surface area contributed by atoms with Crippen molar-refractivity contribution in [1.82, 2.24) is 0 Å². The number of rotatable bonds is 7. The summed E-state index contributed by atoms with van der Waals surface area (Å²) in [7, 11) is 1.01. The van der Waals surface area contributed by atoms with Gasteiger partial charge in [0.1, 0.15) is 11.4 Å². The molecule has 10 nitrogen and oxygen atoms in total. The van der Waals surface area contributed by atoms with Crippen molar-refractivity contribution < 1.29 is 32.5 Å². The largest absolute Gasteiger partial charge is 0.469 e. The van der Waals surface area contributed by atoms with E-state index in [0.29, 0.717) is 6.07 Å². The number of anilines is 1. The van der Waals surface area contributed by atoms with Gasteiger partial charge in [-0.15, -0.1) is 0 Å². The number of carbonyl (C=O) groups excluding carboxylic acids is 1. The predicted octanol–water partition coefficient (Wildman–Crippen LogP) is 2.79. The first-order chi connectivity index (χ1) is 11.6. The zero-order chi connectivity index (χ0) is 19.2. The van der Waals surface area contributed by atoms with Crippen molar-refractivity contribution in [2.24, 2.45) is 5.10 Å². The Morgan fingerprint density at radius 3 is 2.36 bits per heavy atom. The summed E-state index contributed by atoms with van der Waals surface area (Å²) in [5.74, 6) is -0.890. The van der Waals surface area contributed by atoms with Gasteiger partial charge in [0.2, 0.25) is 0 Å². The second-order valence-corrected chi connectivity index (χ2v) is 4.46. The Morgan fingerprint density at radius 1 is 1.24 bits per heavy atom. The zero-order valence-electron chi connectivity index (χ0n) is 12.6. The highest BCUT2D eigenvalue weighted by molar-refractivity contribution is 5.92. The van der Waals surface area contributed by atoms with Crippen molar-refractivity contribution in [1.29, 1.82) is 0 Å². The summed E-state index contributed by atoms with van der Waals surface area (Å²) >= 11 is 0. The number of nitro groups is 2. The minimum absolute atomic E-state index is 0.476. The minimum atomic E-state index is -4.89. The smallest absolute Gasteiger partial charge is 0.431 e. The van der Waals surface area contributed by atoms with Gasteiger partial charge < -0.3 is 4.74 Å². The second-order valence-electron chi connectivity index (χ2n) is 4.46. The van der Waals surface area contributed by atoms with E-state index in [1.807, 2.05) is 5.43 Å². The van der Waals surface area contributed by atoms with E-state index < -0.39 is 57.6 Å². The fourth-order valence-corrected chi connectivity index (χ4v) is 1.59. The number of halogens is 3. The van der Waals surface area contributed by atoms with Gasteiger partial charge in [0, 0.05) is 12.5 Å². The van der Waals surface area contributed by atoms with E-state index >= 15 is 0 Å². The molecular weight excluding hydrogens is 353 g/mol. The lowest BCUT2D eigenvalue weighted by molar-refractivity contribution is -0.393. The molecule has 0 unspecified atom stereocenters. The molecular formula is C12H11F3N4O6. The molecule has 0 aliphatic carbocycles. The third-order valence-electron chi connectivity index (χ3n) is 2.82. The fourth-order valence-electron chi connectivity index (χ4n) is 1.59. The van der Waals surface area contributed by atoms with Gasteiger partial charge in [-0.25, -0.2) is 0 Å². The van der Waals surface area contributed by atoms with Crippen molar-refractivity contribution in [2.75, 3.05) is 12.5 Å². The lowest BCUT2D eigenvalue weighted by Crippen LogP contribution is -2.25. The Kier molecular flexibility index (Phi) is 6.36. The van der Waals surface area contributed by atoms with Crippen molar-refractivity contribution in [3.63, 3.8) is 0 Å². The van der Waals surface area contributed by atoms with Crippen LogP contribution in [0.1, 0.15) is 12.8 Å². The molecule has 0 aliphatic heterocycles. The van der Waals surface area contributed by atoms with E-state index in [-0.39, 0.29) is 0 Å². The van der Waals surface area contributed by atoms with Crippen molar-refractivity contribution in [2.45, 2.75) is 19.0 Å². The van der Waals surface area contributed by atoms with Crippen LogP contribution in [0.2, 0.25) is 0 Å². The number of hydrogen-bond acceptors (Lipinski definition) is 8. The number of non-ortho nitro benzene ring substituents is 1. The van der Waals surface area contributed by atoms with E-state index in [4.69, 9.17) is 0 Å². The maximum Gasteiger partial charge on any atom is 0.431 e. The van der Waals surface area contributed by atoms with Crippen LogP contribution in [-0.2, 0) is 9.53 Å². The lowest BCUT2D eigenvalue weighted by atomic mass is 10.2. The molecule has 0 bridgehead atoms.